The lowest BCUT2D eigenvalue weighted by Crippen LogP contribution is -2.73. The molecular formula is C50H56Cl4F4N8O14S. The number of aliphatic hydroxyl groups is 2. The number of hydrogen-bond donors (Lipinski definition) is 9. The van der Waals surface area contributed by atoms with Crippen molar-refractivity contribution in [2.45, 2.75) is 68.3 Å². The molecule has 0 radical (unpaired) electrons. The van der Waals surface area contributed by atoms with E-state index in [-0.39, 0.29) is 93.3 Å². The smallest absolute Gasteiger partial charge is 0.387 e. The Morgan fingerprint density at radius 3 is 1.64 bits per heavy atom. The highest BCUT2D eigenvalue weighted by molar-refractivity contribution is 7.85. The number of carbonyl (C=O) groups is 4. The second-order valence-electron chi connectivity index (χ2n) is 16.4. The van der Waals surface area contributed by atoms with Gasteiger partial charge in [0.15, 0.2) is 18.0 Å². The molecule has 2 aliphatic rings. The van der Waals surface area contributed by atoms with Crippen molar-refractivity contribution < 1.29 is 89.3 Å². The second kappa shape index (κ2) is 34.2. The average Bonchev–Trinajstić information content (AvgIpc) is 3.45. The summed E-state index contributed by atoms with van der Waals surface area (Å²) in [6, 6.07) is 27.7. The lowest BCUT2D eigenvalue weighted by Gasteiger charge is -2.40. The molecule has 31 heteroatoms. The van der Waals surface area contributed by atoms with Crippen LogP contribution < -0.4 is 42.0 Å². The van der Waals surface area contributed by atoms with E-state index >= 15 is 0 Å². The Hall–Kier alpha value is -7.21. The van der Waals surface area contributed by atoms with Gasteiger partial charge < -0.3 is 65.6 Å². The first kappa shape index (κ1) is 69.9. The lowest BCUT2D eigenvalue weighted by atomic mass is 9.98. The van der Waals surface area contributed by atoms with Crippen molar-refractivity contribution in [3.05, 3.63) is 159 Å². The van der Waals surface area contributed by atoms with Gasteiger partial charge in [0.1, 0.15) is 41.9 Å². The average molecular weight is 1240 g/mol. The van der Waals surface area contributed by atoms with Crippen LogP contribution in [-0.2, 0) is 52.1 Å². The Bertz CT molecular complexity index is 3020. The van der Waals surface area contributed by atoms with Crippen LogP contribution in [0.25, 0.3) is 0 Å². The van der Waals surface area contributed by atoms with E-state index in [0.717, 1.165) is 60.0 Å². The number of halogens is 8. The number of oxime groups is 1. The first-order valence-corrected chi connectivity index (χ1v) is 25.2. The molecule has 0 aliphatic carbocycles. The summed E-state index contributed by atoms with van der Waals surface area (Å²) in [5, 5.41) is 43.1. The van der Waals surface area contributed by atoms with Gasteiger partial charge >= 0.3 is 25.0 Å². The van der Waals surface area contributed by atoms with E-state index in [2.05, 4.69) is 40.6 Å². The highest BCUT2D eigenvalue weighted by Gasteiger charge is 2.40. The number of alkyl halides is 4. The van der Waals surface area contributed by atoms with E-state index in [1.54, 1.807) is 30.3 Å². The van der Waals surface area contributed by atoms with Gasteiger partial charge in [-0.1, -0.05) is 88.1 Å². The Morgan fingerprint density at radius 2 is 1.25 bits per heavy atom. The van der Waals surface area contributed by atoms with Crippen LogP contribution in [0.1, 0.15) is 58.4 Å². The number of carboxylic acids is 1. The number of carbonyl (C=O) groups excluding carboxylic acids is 3. The molecule has 5 aromatic rings. The van der Waals surface area contributed by atoms with Crippen molar-refractivity contribution in [3.63, 3.8) is 0 Å². The summed E-state index contributed by atoms with van der Waals surface area (Å²) in [6.07, 6.45) is -2.19. The molecule has 2 saturated heterocycles. The molecule has 2 fully saturated rings. The van der Waals surface area contributed by atoms with Crippen LogP contribution in [0.3, 0.4) is 0 Å². The number of nitrogens with two attached hydrogens (primary N) is 2. The highest BCUT2D eigenvalue weighted by atomic mass is 35.5. The van der Waals surface area contributed by atoms with Gasteiger partial charge in [-0.2, -0.15) is 17.6 Å². The van der Waals surface area contributed by atoms with Crippen LogP contribution in [0.4, 0.5) is 17.6 Å². The third-order valence-corrected chi connectivity index (χ3v) is 12.3. The van der Waals surface area contributed by atoms with Gasteiger partial charge in [-0.25, -0.2) is 13.2 Å². The minimum absolute atomic E-state index is 0. The molecule has 0 bridgehead atoms. The van der Waals surface area contributed by atoms with Gasteiger partial charge in [-0.05, 0) is 102 Å². The monoisotopic (exact) mass is 1240 g/mol. The van der Waals surface area contributed by atoms with Crippen LogP contribution in [0, 0.1) is 0 Å². The molecule has 2 heterocycles. The number of aliphatic carboxylic acids is 1. The van der Waals surface area contributed by atoms with Gasteiger partial charge in [0, 0.05) is 35.2 Å². The molecule has 0 spiro atoms. The maximum absolute atomic E-state index is 12.7. The topological polar surface area (TPSA) is 341 Å². The number of benzene rings is 5. The zero-order valence-electron chi connectivity index (χ0n) is 42.6. The summed E-state index contributed by atoms with van der Waals surface area (Å²) in [6.45, 7) is -4.21. The van der Waals surface area contributed by atoms with Crippen molar-refractivity contribution in [3.8, 4) is 11.5 Å². The molecule has 0 saturated carbocycles. The largest absolute Gasteiger partial charge is 0.744 e. The van der Waals surface area contributed by atoms with E-state index < -0.39 is 53.5 Å². The number of amidine groups is 2. The Balaban J connectivity index is 0.000000403. The van der Waals surface area contributed by atoms with Crippen molar-refractivity contribution in [2.24, 2.45) is 16.6 Å². The van der Waals surface area contributed by atoms with E-state index in [1.807, 2.05) is 24.3 Å². The Morgan fingerprint density at radius 1 is 0.765 bits per heavy atom. The predicted molar refractivity (Wildman–Crippen MR) is 290 cm³/mol. The van der Waals surface area contributed by atoms with Crippen LogP contribution in [0.15, 0.2) is 125 Å². The molecule has 2 aliphatic heterocycles. The van der Waals surface area contributed by atoms with Crippen LogP contribution >= 0.6 is 48.0 Å². The summed E-state index contributed by atoms with van der Waals surface area (Å²) < 4.78 is 88.0. The second-order valence-corrected chi connectivity index (χ2v) is 18.7. The summed E-state index contributed by atoms with van der Waals surface area (Å²) in [4.78, 5) is 57.8. The van der Waals surface area contributed by atoms with Crippen molar-refractivity contribution >= 4 is 93.5 Å². The van der Waals surface area contributed by atoms with E-state index in [1.165, 1.54) is 49.5 Å². The first-order chi connectivity index (χ1) is 37.4. The molecule has 0 aromatic heterocycles. The Kier molecular flexibility index (Phi) is 29.5. The fourth-order valence-corrected chi connectivity index (χ4v) is 7.78. The number of ether oxygens (including phenoxy) is 2. The zero-order chi connectivity index (χ0) is 58.4. The summed E-state index contributed by atoms with van der Waals surface area (Å²) in [7, 11) is -1.36. The van der Waals surface area contributed by atoms with Crippen LogP contribution in [0.5, 0.6) is 11.5 Å². The van der Waals surface area contributed by atoms with Gasteiger partial charge in [0.2, 0.25) is 11.8 Å². The van der Waals surface area contributed by atoms with Crippen molar-refractivity contribution in [1.82, 2.24) is 20.9 Å². The minimum Gasteiger partial charge on any atom is -0.744 e. The number of hydrogen-bond acceptors (Lipinski definition) is 15. The number of nitrogen functional groups attached to an aromatic ring is 1. The number of amides is 3. The van der Waals surface area contributed by atoms with Gasteiger partial charge in [-0.3, -0.25) is 20.1 Å². The number of carboxylic acid groups (broad SMARTS) is 1. The quantitative estimate of drug-likeness (QED) is 0.0187. The number of rotatable bonds is 19. The number of nitrogens with one attached hydrogen (secondary N) is 4. The molecule has 22 nitrogen and oxygen atoms in total. The fourth-order valence-electron chi connectivity index (χ4n) is 6.83. The SMILES string of the molecule is CO/N=C(\N)c1ccc(CNC(=O)[C@@H]2CCN2)cc1.CO[NH+]=C(N)c1ccc(CNC(=O)[C@@H]2CCN2C(=O)[C@H](O)c2cc(Cl)cc(OC(F)F)c2)cc1.Cl.Cl.O=C(O)[C@H](O)c1cc(Cl)cc(OC(F)F)c1.O=S(=O)([O-])c1ccccc1. The molecule has 5 aromatic carbocycles. The summed E-state index contributed by atoms with van der Waals surface area (Å²) in [5.74, 6) is -2.50. The number of nitrogens with zero attached hydrogens (tertiary/aromatic N) is 2. The maximum atomic E-state index is 12.7. The number of aliphatic hydroxyl groups excluding tert-OH is 2. The maximum Gasteiger partial charge on any atom is 0.387 e. The molecular weight excluding hydrogens is 1190 g/mol. The highest BCUT2D eigenvalue weighted by Crippen LogP contribution is 2.30. The van der Waals surface area contributed by atoms with Crippen molar-refractivity contribution in [1.29, 1.82) is 0 Å². The van der Waals surface area contributed by atoms with E-state index in [0.29, 0.717) is 30.2 Å². The van der Waals surface area contributed by atoms with Crippen LogP contribution in [0.2, 0.25) is 10.0 Å². The van der Waals surface area contributed by atoms with E-state index in [9.17, 15) is 59.9 Å². The molecule has 0 unspecified atom stereocenters. The first-order valence-electron chi connectivity index (χ1n) is 23.1. The van der Waals surface area contributed by atoms with Gasteiger partial charge in [0.05, 0.1) is 16.5 Å². The third-order valence-electron chi connectivity index (χ3n) is 11.0. The zero-order valence-corrected chi connectivity index (χ0v) is 46.5. The fraction of sp³-hybridized carbons (Fsp3) is 0.280. The summed E-state index contributed by atoms with van der Waals surface area (Å²) in [5.41, 5.74) is 14.7. The van der Waals surface area contributed by atoms with E-state index in [4.69, 9.17) is 44.6 Å². The minimum atomic E-state index is -4.25. The molecule has 3 amide bonds. The van der Waals surface area contributed by atoms with Gasteiger partial charge in [0.25, 0.3) is 5.91 Å². The molecule has 11 N–H and O–H groups in total. The molecule has 7 rings (SSSR count). The Labute approximate surface area is 483 Å². The molecule has 4 atom stereocenters. The standard InChI is InChI=1S/C22H23ClF2N4O5.C13H18N4O2.C9H7ClF2O4.C6H6O3S.2ClH/c1-33-28-19(26)13-4-2-12(3-5-13)11-27-20(31)17-6-7-29(17)21(32)18(30)14-8-15(23)10-16(9-14)34-22(24)25;1-19-17-12(14)10-4-2-9(3-5-10)8-16-13(18)11-6-7-15-11;10-5-1-4(7(13)8(14)15)2-6(3-5)16-9(11)12;7-10(8,9)6-4-2-1-3-5-6;;/h2-5,8-10,17-18,22,30H,6-7,11H2,1H3,(H2,26,28)(H,27,31);2-5,11,15H,6-8H2,1H3,(H2,14,17)(H,16,18);1-3,7,9,13H,(H,14,15);1-5H,(H,7,8,9);2*1H/t17-,18+;11-;7-;;;/m001.../s1. The predicted octanol–water partition coefficient (Wildman–Crippen LogP) is 3.66. The van der Waals surface area contributed by atoms with Crippen LogP contribution in [-0.4, -0.2) is 121 Å². The molecule has 442 valence electrons. The summed E-state index contributed by atoms with van der Waals surface area (Å²) >= 11 is 11.4. The lowest BCUT2D eigenvalue weighted by molar-refractivity contribution is -0.744. The molecule has 81 heavy (non-hydrogen) atoms. The van der Waals surface area contributed by atoms with Crippen molar-refractivity contribution in [2.75, 3.05) is 27.3 Å². The third kappa shape index (κ3) is 23.1. The normalized spacial score (nSPS) is 15.2. The number of likely N-dealkylation sites (tertiary alicyclic amines) is 1. The van der Waals surface area contributed by atoms with Gasteiger partial charge in [-0.15, -0.1) is 24.8 Å².